The lowest BCUT2D eigenvalue weighted by atomic mass is 10.3. The Morgan fingerprint density at radius 1 is 1.14 bits per heavy atom. The Hall–Kier alpha value is -0.900. The van der Waals surface area contributed by atoms with Gasteiger partial charge in [-0.15, -0.1) is 22.7 Å². The van der Waals surface area contributed by atoms with Crippen molar-refractivity contribution in [1.82, 2.24) is 0 Å². The zero-order chi connectivity index (χ0) is 9.80. The largest absolute Gasteiger partial charge is 0.391 e. The fourth-order valence-corrected chi connectivity index (χ4v) is 2.51. The van der Waals surface area contributed by atoms with E-state index in [0.29, 0.717) is 0 Å². The monoisotopic (exact) mass is 222 g/mol. The van der Waals surface area contributed by atoms with E-state index in [9.17, 15) is 0 Å². The molecule has 2 heterocycles. The number of hydrogen-bond acceptors (Lipinski definition) is 3. The lowest BCUT2D eigenvalue weighted by molar-refractivity contribution is 0.285. The van der Waals surface area contributed by atoms with Crippen molar-refractivity contribution in [3.8, 4) is 0 Å². The maximum Gasteiger partial charge on any atom is 0.0774 e. The van der Waals surface area contributed by atoms with E-state index in [1.54, 1.807) is 22.7 Å². The van der Waals surface area contributed by atoms with Crippen molar-refractivity contribution in [2.75, 3.05) is 0 Å². The van der Waals surface area contributed by atoms with Crippen LogP contribution >= 0.6 is 22.7 Å². The molecule has 2 rings (SSSR count). The van der Waals surface area contributed by atoms with E-state index < -0.39 is 0 Å². The highest BCUT2D eigenvalue weighted by molar-refractivity contribution is 7.13. The topological polar surface area (TPSA) is 20.2 Å². The average Bonchev–Trinajstić information content (AvgIpc) is 2.86. The second-order valence-electron chi connectivity index (χ2n) is 2.81. The number of aliphatic hydroxyl groups is 1. The minimum atomic E-state index is 0.136. The third kappa shape index (κ3) is 2.32. The summed E-state index contributed by atoms with van der Waals surface area (Å²) in [5, 5.41) is 11.0. The molecule has 72 valence electrons. The number of aliphatic hydroxyl groups excluding tert-OH is 1. The molecule has 0 fully saturated rings. The Labute approximate surface area is 91.0 Å². The van der Waals surface area contributed by atoms with Crippen molar-refractivity contribution >= 4 is 34.8 Å². The molecule has 1 N–H and O–H groups in total. The zero-order valence-electron chi connectivity index (χ0n) is 7.51. The van der Waals surface area contributed by atoms with Gasteiger partial charge in [-0.05, 0) is 35.7 Å². The second kappa shape index (κ2) is 4.55. The van der Waals surface area contributed by atoms with E-state index in [4.69, 9.17) is 5.11 Å². The van der Waals surface area contributed by atoms with Crippen LogP contribution in [-0.4, -0.2) is 5.11 Å². The van der Waals surface area contributed by atoms with Gasteiger partial charge in [0.25, 0.3) is 0 Å². The van der Waals surface area contributed by atoms with E-state index in [1.165, 1.54) is 9.75 Å². The minimum absolute atomic E-state index is 0.136. The van der Waals surface area contributed by atoms with E-state index in [0.717, 1.165) is 4.88 Å². The van der Waals surface area contributed by atoms with Gasteiger partial charge in [-0.3, -0.25) is 0 Å². The van der Waals surface area contributed by atoms with E-state index >= 15 is 0 Å². The Morgan fingerprint density at radius 3 is 2.64 bits per heavy atom. The number of rotatable bonds is 3. The molecule has 2 aromatic heterocycles. The molecule has 2 aromatic rings. The fourth-order valence-electron chi connectivity index (χ4n) is 1.12. The van der Waals surface area contributed by atoms with Gasteiger partial charge in [-0.1, -0.05) is 6.07 Å². The normalized spacial score (nSPS) is 11.2. The lowest BCUT2D eigenvalue weighted by Crippen LogP contribution is -1.69. The van der Waals surface area contributed by atoms with Gasteiger partial charge in [0.15, 0.2) is 0 Å². The van der Waals surface area contributed by atoms with Gasteiger partial charge < -0.3 is 5.11 Å². The molecule has 0 unspecified atom stereocenters. The quantitative estimate of drug-likeness (QED) is 0.843. The van der Waals surface area contributed by atoms with Gasteiger partial charge in [0.05, 0.1) is 6.61 Å². The SMILES string of the molecule is OCc1ccc(/C=C/c2cccs2)s1. The predicted molar refractivity (Wildman–Crippen MR) is 63.5 cm³/mol. The van der Waals surface area contributed by atoms with Crippen LogP contribution in [0.4, 0.5) is 0 Å². The molecule has 0 aliphatic carbocycles. The molecular weight excluding hydrogens is 212 g/mol. The first-order valence-corrected chi connectivity index (χ1v) is 5.99. The van der Waals surface area contributed by atoms with Crippen LogP contribution < -0.4 is 0 Å². The van der Waals surface area contributed by atoms with Crippen molar-refractivity contribution < 1.29 is 5.11 Å². The van der Waals surface area contributed by atoms with Crippen molar-refractivity contribution in [2.45, 2.75) is 6.61 Å². The molecule has 14 heavy (non-hydrogen) atoms. The summed E-state index contributed by atoms with van der Waals surface area (Å²) in [6.45, 7) is 0.136. The van der Waals surface area contributed by atoms with E-state index in [2.05, 4.69) is 23.6 Å². The van der Waals surface area contributed by atoms with Crippen LogP contribution in [0, 0.1) is 0 Å². The molecule has 0 saturated heterocycles. The summed E-state index contributed by atoms with van der Waals surface area (Å²) in [6.07, 6.45) is 4.17. The molecule has 0 spiro atoms. The Kier molecular flexibility index (Phi) is 3.14. The van der Waals surface area contributed by atoms with Gasteiger partial charge in [0.1, 0.15) is 0 Å². The first-order chi connectivity index (χ1) is 6.88. The summed E-state index contributed by atoms with van der Waals surface area (Å²) in [5.41, 5.74) is 0. The molecule has 1 nitrogen and oxygen atoms in total. The van der Waals surface area contributed by atoms with Crippen LogP contribution in [0.15, 0.2) is 29.6 Å². The first-order valence-electron chi connectivity index (χ1n) is 4.29. The molecule has 0 radical (unpaired) electrons. The second-order valence-corrected chi connectivity index (χ2v) is 4.99. The van der Waals surface area contributed by atoms with Gasteiger partial charge in [0, 0.05) is 14.6 Å². The maximum atomic E-state index is 8.89. The van der Waals surface area contributed by atoms with Gasteiger partial charge >= 0.3 is 0 Å². The highest BCUT2D eigenvalue weighted by Crippen LogP contribution is 2.20. The Bertz CT molecular complexity index is 412. The molecule has 0 aliphatic heterocycles. The Balaban J connectivity index is 2.10. The van der Waals surface area contributed by atoms with Crippen LogP contribution in [0.3, 0.4) is 0 Å². The summed E-state index contributed by atoms with van der Waals surface area (Å²) >= 11 is 3.35. The third-order valence-corrected chi connectivity index (χ3v) is 3.67. The fraction of sp³-hybridized carbons (Fsp3) is 0.0909. The maximum absolute atomic E-state index is 8.89. The summed E-state index contributed by atoms with van der Waals surface area (Å²) in [5.74, 6) is 0. The molecule has 0 saturated carbocycles. The summed E-state index contributed by atoms with van der Waals surface area (Å²) < 4.78 is 0. The van der Waals surface area contributed by atoms with Crippen molar-refractivity contribution in [2.24, 2.45) is 0 Å². The summed E-state index contributed by atoms with van der Waals surface area (Å²) in [4.78, 5) is 3.45. The minimum Gasteiger partial charge on any atom is -0.391 e. The zero-order valence-corrected chi connectivity index (χ0v) is 9.15. The molecule has 0 atom stereocenters. The summed E-state index contributed by atoms with van der Waals surface area (Å²) in [6, 6.07) is 8.11. The molecule has 3 heteroatoms. The van der Waals surface area contributed by atoms with Crippen LogP contribution in [0.1, 0.15) is 14.6 Å². The highest BCUT2D eigenvalue weighted by atomic mass is 32.1. The van der Waals surface area contributed by atoms with Crippen LogP contribution in [0.2, 0.25) is 0 Å². The van der Waals surface area contributed by atoms with Crippen molar-refractivity contribution in [1.29, 1.82) is 0 Å². The number of hydrogen-bond donors (Lipinski definition) is 1. The lowest BCUT2D eigenvalue weighted by Gasteiger charge is -1.84. The molecular formula is C11H10OS2. The van der Waals surface area contributed by atoms with E-state index in [1.807, 2.05) is 18.2 Å². The van der Waals surface area contributed by atoms with Crippen LogP contribution in [0.25, 0.3) is 12.2 Å². The van der Waals surface area contributed by atoms with E-state index in [-0.39, 0.29) is 6.61 Å². The summed E-state index contributed by atoms with van der Waals surface area (Å²) in [7, 11) is 0. The van der Waals surface area contributed by atoms with Gasteiger partial charge in [0.2, 0.25) is 0 Å². The van der Waals surface area contributed by atoms with Crippen molar-refractivity contribution in [3.63, 3.8) is 0 Å². The number of thiophene rings is 2. The first kappa shape index (κ1) is 9.65. The average molecular weight is 222 g/mol. The molecule has 0 bridgehead atoms. The Morgan fingerprint density at radius 2 is 2.00 bits per heavy atom. The van der Waals surface area contributed by atoms with Gasteiger partial charge in [-0.2, -0.15) is 0 Å². The van der Waals surface area contributed by atoms with Crippen molar-refractivity contribution in [3.05, 3.63) is 44.3 Å². The predicted octanol–water partition coefficient (Wildman–Crippen LogP) is 3.47. The standard InChI is InChI=1S/C11H10OS2/c12-8-11-6-5-10(14-11)4-3-9-2-1-7-13-9/h1-7,12H,8H2/b4-3+. The molecule has 0 aliphatic rings. The highest BCUT2D eigenvalue weighted by Gasteiger charge is 1.94. The van der Waals surface area contributed by atoms with Crippen LogP contribution in [0.5, 0.6) is 0 Å². The smallest absolute Gasteiger partial charge is 0.0774 e. The molecule has 0 amide bonds. The van der Waals surface area contributed by atoms with Gasteiger partial charge in [-0.25, -0.2) is 0 Å². The third-order valence-electron chi connectivity index (χ3n) is 1.79. The van der Waals surface area contributed by atoms with Crippen LogP contribution in [-0.2, 0) is 6.61 Å². The molecule has 0 aromatic carbocycles.